The Morgan fingerprint density at radius 3 is 2.00 bits per heavy atom. The fourth-order valence-electron chi connectivity index (χ4n) is 1.71. The monoisotopic (exact) mass is 170 g/mol. The predicted octanol–water partition coefficient (Wildman–Crippen LogP) is 4.49. The zero-order valence-electron chi connectivity index (χ0n) is 9.56. The SMILES string of the molecule is CC.CC(C)CCC1CCC1C. The van der Waals surface area contributed by atoms with Crippen LogP contribution < -0.4 is 0 Å². The molecule has 0 aromatic heterocycles. The summed E-state index contributed by atoms with van der Waals surface area (Å²) in [5.41, 5.74) is 0. The van der Waals surface area contributed by atoms with Crippen LogP contribution in [0.4, 0.5) is 0 Å². The van der Waals surface area contributed by atoms with Crippen LogP contribution in [-0.2, 0) is 0 Å². The van der Waals surface area contributed by atoms with E-state index in [9.17, 15) is 0 Å². The standard InChI is InChI=1S/C10H20.C2H6/c1-8(2)4-6-10-7-5-9(10)3;1-2/h8-10H,4-7H2,1-3H3;1-2H3. The lowest BCUT2D eigenvalue weighted by Gasteiger charge is -2.34. The quantitative estimate of drug-likeness (QED) is 0.585. The van der Waals surface area contributed by atoms with Crippen molar-refractivity contribution < 1.29 is 0 Å². The lowest BCUT2D eigenvalue weighted by atomic mass is 9.72. The maximum absolute atomic E-state index is 2.40. The molecule has 1 aliphatic carbocycles. The number of hydrogen-bond acceptors (Lipinski definition) is 0. The van der Waals surface area contributed by atoms with Crippen LogP contribution in [0.5, 0.6) is 0 Å². The summed E-state index contributed by atoms with van der Waals surface area (Å²) in [4.78, 5) is 0. The molecule has 1 aliphatic rings. The molecule has 12 heavy (non-hydrogen) atoms. The lowest BCUT2D eigenvalue weighted by Crippen LogP contribution is -2.23. The molecule has 0 bridgehead atoms. The minimum atomic E-state index is 0.910. The minimum absolute atomic E-state index is 0.910. The molecule has 1 saturated carbocycles. The van der Waals surface area contributed by atoms with E-state index < -0.39 is 0 Å². The topological polar surface area (TPSA) is 0 Å². The Morgan fingerprint density at radius 1 is 1.17 bits per heavy atom. The Balaban J connectivity index is 0.000000561. The molecule has 0 heterocycles. The summed E-state index contributed by atoms with van der Waals surface area (Å²) in [5, 5.41) is 0. The second-order valence-corrected chi connectivity index (χ2v) is 4.29. The fourth-order valence-corrected chi connectivity index (χ4v) is 1.71. The second kappa shape index (κ2) is 6.51. The number of hydrogen-bond donors (Lipinski definition) is 0. The van der Waals surface area contributed by atoms with Gasteiger partial charge in [0.25, 0.3) is 0 Å². The van der Waals surface area contributed by atoms with Crippen molar-refractivity contribution in [3.05, 3.63) is 0 Å². The van der Waals surface area contributed by atoms with Gasteiger partial charge in [-0.15, -0.1) is 0 Å². The molecule has 2 unspecified atom stereocenters. The Kier molecular flexibility index (Phi) is 6.51. The lowest BCUT2D eigenvalue weighted by molar-refractivity contribution is 0.174. The van der Waals surface area contributed by atoms with E-state index in [0.29, 0.717) is 0 Å². The first-order valence-electron chi connectivity index (χ1n) is 5.70. The van der Waals surface area contributed by atoms with Crippen LogP contribution in [0.15, 0.2) is 0 Å². The van der Waals surface area contributed by atoms with Gasteiger partial charge in [-0.2, -0.15) is 0 Å². The molecule has 0 aromatic rings. The first-order valence-corrected chi connectivity index (χ1v) is 5.70. The van der Waals surface area contributed by atoms with Crippen LogP contribution in [0.25, 0.3) is 0 Å². The summed E-state index contributed by atoms with van der Waals surface area (Å²) in [5.74, 6) is 3.04. The van der Waals surface area contributed by atoms with Crippen LogP contribution in [0, 0.1) is 17.8 Å². The molecule has 0 amide bonds. The maximum atomic E-state index is 2.40. The molecule has 74 valence electrons. The third kappa shape index (κ3) is 4.13. The van der Waals surface area contributed by atoms with Gasteiger partial charge < -0.3 is 0 Å². The van der Waals surface area contributed by atoms with Crippen LogP contribution in [0.2, 0.25) is 0 Å². The van der Waals surface area contributed by atoms with Crippen LogP contribution >= 0.6 is 0 Å². The van der Waals surface area contributed by atoms with Gasteiger partial charge in [-0.25, -0.2) is 0 Å². The summed E-state index contributed by atoms with van der Waals surface area (Å²) in [6, 6.07) is 0. The van der Waals surface area contributed by atoms with E-state index in [0.717, 1.165) is 17.8 Å². The predicted molar refractivity (Wildman–Crippen MR) is 57.3 cm³/mol. The van der Waals surface area contributed by atoms with E-state index >= 15 is 0 Å². The molecule has 1 rings (SSSR count). The number of rotatable bonds is 3. The third-order valence-electron chi connectivity index (χ3n) is 2.91. The second-order valence-electron chi connectivity index (χ2n) is 4.29. The summed E-state index contributed by atoms with van der Waals surface area (Å²) in [7, 11) is 0. The van der Waals surface area contributed by atoms with Crippen molar-refractivity contribution in [3.63, 3.8) is 0 Å². The highest BCUT2D eigenvalue weighted by molar-refractivity contribution is 4.77. The van der Waals surface area contributed by atoms with Gasteiger partial charge >= 0.3 is 0 Å². The van der Waals surface area contributed by atoms with Gasteiger partial charge in [-0.1, -0.05) is 47.5 Å². The van der Waals surface area contributed by atoms with Gasteiger partial charge in [-0.05, 0) is 30.6 Å². The van der Waals surface area contributed by atoms with Crippen LogP contribution in [0.1, 0.15) is 60.3 Å². The van der Waals surface area contributed by atoms with Crippen LogP contribution in [0.3, 0.4) is 0 Å². The summed E-state index contributed by atoms with van der Waals surface area (Å²) in [6.07, 6.45) is 5.92. The molecular formula is C12H26. The highest BCUT2D eigenvalue weighted by atomic mass is 14.3. The molecule has 2 atom stereocenters. The van der Waals surface area contributed by atoms with E-state index in [-0.39, 0.29) is 0 Å². The first-order chi connectivity index (χ1) is 5.70. The van der Waals surface area contributed by atoms with Crippen molar-refractivity contribution in [2.45, 2.75) is 60.3 Å². The Hall–Kier alpha value is 0. The molecule has 0 N–H and O–H groups in total. The van der Waals surface area contributed by atoms with Crippen molar-refractivity contribution in [2.24, 2.45) is 17.8 Å². The van der Waals surface area contributed by atoms with E-state index in [4.69, 9.17) is 0 Å². The molecule has 0 aromatic carbocycles. The molecule has 0 spiro atoms. The van der Waals surface area contributed by atoms with Crippen molar-refractivity contribution in [2.75, 3.05) is 0 Å². The van der Waals surface area contributed by atoms with Gasteiger partial charge in [-0.3, -0.25) is 0 Å². The highest BCUT2D eigenvalue weighted by Crippen LogP contribution is 2.37. The zero-order valence-corrected chi connectivity index (χ0v) is 9.56. The Labute approximate surface area is 78.8 Å². The summed E-state index contributed by atoms with van der Waals surface area (Å²) in [6.45, 7) is 11.0. The van der Waals surface area contributed by atoms with Gasteiger partial charge in [0.05, 0.1) is 0 Å². The van der Waals surface area contributed by atoms with Crippen molar-refractivity contribution in [1.82, 2.24) is 0 Å². The van der Waals surface area contributed by atoms with E-state index in [1.54, 1.807) is 0 Å². The average Bonchev–Trinajstić information content (AvgIpc) is 2.05. The van der Waals surface area contributed by atoms with Gasteiger partial charge in [0, 0.05) is 0 Å². The normalized spacial score (nSPS) is 27.5. The van der Waals surface area contributed by atoms with Crippen molar-refractivity contribution >= 4 is 0 Å². The van der Waals surface area contributed by atoms with E-state index in [1.165, 1.54) is 25.7 Å². The smallest absolute Gasteiger partial charge is 0.0388 e. The summed E-state index contributed by atoms with van der Waals surface area (Å²) < 4.78 is 0. The minimum Gasteiger partial charge on any atom is -0.0683 e. The Bertz CT molecular complexity index is 94.2. The largest absolute Gasteiger partial charge is 0.0683 e. The van der Waals surface area contributed by atoms with Crippen molar-refractivity contribution in [1.29, 1.82) is 0 Å². The maximum Gasteiger partial charge on any atom is -0.0388 e. The van der Waals surface area contributed by atoms with Gasteiger partial charge in [0.2, 0.25) is 0 Å². The molecule has 0 nitrogen and oxygen atoms in total. The van der Waals surface area contributed by atoms with E-state index in [1.807, 2.05) is 13.8 Å². The average molecular weight is 170 g/mol. The van der Waals surface area contributed by atoms with Gasteiger partial charge in [0.1, 0.15) is 0 Å². The fraction of sp³-hybridized carbons (Fsp3) is 1.00. The molecule has 0 saturated heterocycles. The highest BCUT2D eigenvalue weighted by Gasteiger charge is 2.25. The molecular weight excluding hydrogens is 144 g/mol. The summed E-state index contributed by atoms with van der Waals surface area (Å²) >= 11 is 0. The molecule has 0 aliphatic heterocycles. The zero-order chi connectivity index (χ0) is 9.56. The molecule has 1 fully saturated rings. The van der Waals surface area contributed by atoms with Crippen LogP contribution in [-0.4, -0.2) is 0 Å². The van der Waals surface area contributed by atoms with E-state index in [2.05, 4.69) is 20.8 Å². The van der Waals surface area contributed by atoms with Crippen molar-refractivity contribution in [3.8, 4) is 0 Å². The molecule has 0 heteroatoms. The molecule has 0 radical (unpaired) electrons. The Morgan fingerprint density at radius 2 is 1.75 bits per heavy atom. The van der Waals surface area contributed by atoms with Gasteiger partial charge in [0.15, 0.2) is 0 Å². The first kappa shape index (κ1) is 12.0. The third-order valence-corrected chi connectivity index (χ3v) is 2.91.